The smallest absolute Gasteiger partial charge is 0.282 e. The van der Waals surface area contributed by atoms with Crippen molar-refractivity contribution in [3.8, 4) is 11.3 Å². The maximum Gasteiger partial charge on any atom is 0.282 e. The summed E-state index contributed by atoms with van der Waals surface area (Å²) >= 11 is 1.54. The molecule has 0 saturated carbocycles. The van der Waals surface area contributed by atoms with Crippen LogP contribution in [0.1, 0.15) is 35.5 Å². The number of nitrogens with zero attached hydrogens (tertiary/aromatic N) is 4. The molecule has 0 fully saturated rings. The van der Waals surface area contributed by atoms with Crippen LogP contribution in [-0.4, -0.2) is 47.1 Å². The molecule has 0 radical (unpaired) electrons. The zero-order valence-corrected chi connectivity index (χ0v) is 19.8. The lowest BCUT2D eigenvalue weighted by Crippen LogP contribution is -2.39. The molecule has 32 heavy (non-hydrogen) atoms. The number of hydrogen-bond acceptors (Lipinski definition) is 6. The van der Waals surface area contributed by atoms with Crippen molar-refractivity contribution in [3.05, 3.63) is 65.4 Å². The number of benzene rings is 2. The van der Waals surface area contributed by atoms with E-state index in [2.05, 4.69) is 49.9 Å². The summed E-state index contributed by atoms with van der Waals surface area (Å²) in [6.45, 7) is 11.6. The molecule has 2 heterocycles. The van der Waals surface area contributed by atoms with Crippen LogP contribution in [0.25, 0.3) is 21.5 Å². The molecule has 6 nitrogen and oxygen atoms in total. The van der Waals surface area contributed by atoms with Crippen LogP contribution < -0.4 is 4.90 Å². The van der Waals surface area contributed by atoms with E-state index in [1.54, 1.807) is 11.0 Å². The average molecular weight is 449 g/mol. The highest BCUT2D eigenvalue weighted by Crippen LogP contribution is 2.33. The van der Waals surface area contributed by atoms with Crippen molar-refractivity contribution in [1.29, 1.82) is 0 Å². The van der Waals surface area contributed by atoms with E-state index in [1.165, 1.54) is 16.9 Å². The van der Waals surface area contributed by atoms with Gasteiger partial charge >= 0.3 is 0 Å². The Balaban J connectivity index is 1.69. The summed E-state index contributed by atoms with van der Waals surface area (Å²) in [5, 5.41) is 4.78. The van der Waals surface area contributed by atoms with Crippen molar-refractivity contribution in [2.45, 2.75) is 27.7 Å². The molecule has 0 aliphatic rings. The van der Waals surface area contributed by atoms with Crippen LogP contribution in [0.2, 0.25) is 0 Å². The number of rotatable bonds is 8. The lowest BCUT2D eigenvalue weighted by Gasteiger charge is -2.24. The van der Waals surface area contributed by atoms with Gasteiger partial charge in [0.05, 0.1) is 10.2 Å². The Bertz CT molecular complexity index is 1210. The predicted molar refractivity (Wildman–Crippen MR) is 130 cm³/mol. The summed E-state index contributed by atoms with van der Waals surface area (Å²) in [5.41, 5.74) is 4.47. The maximum atomic E-state index is 13.6. The molecule has 1 amide bonds. The van der Waals surface area contributed by atoms with E-state index in [0.717, 1.165) is 41.0 Å². The van der Waals surface area contributed by atoms with Crippen molar-refractivity contribution in [2.24, 2.45) is 0 Å². The van der Waals surface area contributed by atoms with Gasteiger partial charge in [-0.25, -0.2) is 4.98 Å². The minimum Gasteiger partial charge on any atom is -0.355 e. The normalized spacial score (nSPS) is 11.4. The fourth-order valence-electron chi connectivity index (χ4n) is 3.65. The standard InChI is InChI=1S/C25H28N4O2S/c1-5-28(6-2)14-15-29(25-26-23-18(4)17(3)12-13-22(23)32-25)24(30)20-16-21(31-27-20)19-10-8-7-9-11-19/h7-13,16H,5-6,14-15H2,1-4H3. The summed E-state index contributed by atoms with van der Waals surface area (Å²) in [6.07, 6.45) is 0. The molecule has 0 aliphatic carbocycles. The second kappa shape index (κ2) is 9.63. The van der Waals surface area contributed by atoms with Gasteiger partial charge in [0.25, 0.3) is 5.91 Å². The van der Waals surface area contributed by atoms with Gasteiger partial charge in [0, 0.05) is 24.7 Å². The summed E-state index contributed by atoms with van der Waals surface area (Å²) in [4.78, 5) is 22.5. The number of aromatic nitrogens is 2. The van der Waals surface area contributed by atoms with E-state index in [0.29, 0.717) is 17.4 Å². The molecule has 0 bridgehead atoms. The van der Waals surface area contributed by atoms with Crippen LogP contribution in [0.15, 0.2) is 53.1 Å². The maximum absolute atomic E-state index is 13.6. The Morgan fingerprint density at radius 1 is 1.03 bits per heavy atom. The SMILES string of the molecule is CCN(CC)CCN(C(=O)c1cc(-c2ccccc2)on1)c1nc2c(C)c(C)ccc2s1. The lowest BCUT2D eigenvalue weighted by molar-refractivity contribution is 0.0975. The molecule has 2 aromatic heterocycles. The fraction of sp³-hybridized carbons (Fsp3) is 0.320. The third-order valence-electron chi connectivity index (χ3n) is 5.87. The first-order valence-electron chi connectivity index (χ1n) is 10.9. The van der Waals surface area contributed by atoms with E-state index < -0.39 is 0 Å². The number of carbonyl (C=O) groups excluding carboxylic acids is 1. The molecule has 4 rings (SSSR count). The van der Waals surface area contributed by atoms with Gasteiger partial charge in [-0.2, -0.15) is 0 Å². The van der Waals surface area contributed by atoms with E-state index in [9.17, 15) is 4.79 Å². The van der Waals surface area contributed by atoms with Gasteiger partial charge < -0.3 is 9.42 Å². The predicted octanol–water partition coefficient (Wildman–Crippen LogP) is 5.56. The quantitative estimate of drug-likeness (QED) is 0.353. The van der Waals surface area contributed by atoms with E-state index in [1.807, 2.05) is 30.3 Å². The number of likely N-dealkylation sites (N-methyl/N-ethyl adjacent to an activating group) is 1. The van der Waals surface area contributed by atoms with Crippen LogP contribution in [0.3, 0.4) is 0 Å². The van der Waals surface area contributed by atoms with Gasteiger partial charge in [-0.05, 0) is 44.1 Å². The van der Waals surface area contributed by atoms with Crippen molar-refractivity contribution in [3.63, 3.8) is 0 Å². The topological polar surface area (TPSA) is 62.5 Å². The molecule has 2 aromatic carbocycles. The van der Waals surface area contributed by atoms with E-state index >= 15 is 0 Å². The van der Waals surface area contributed by atoms with Gasteiger partial charge in [-0.15, -0.1) is 0 Å². The largest absolute Gasteiger partial charge is 0.355 e. The Labute approximate surface area is 192 Å². The van der Waals surface area contributed by atoms with Crippen LogP contribution in [0.4, 0.5) is 5.13 Å². The number of carbonyl (C=O) groups is 1. The first kappa shape index (κ1) is 22.2. The molecule has 4 aromatic rings. The average Bonchev–Trinajstić information content (AvgIpc) is 3.48. The van der Waals surface area contributed by atoms with Crippen LogP contribution in [-0.2, 0) is 0 Å². The molecule has 7 heteroatoms. The summed E-state index contributed by atoms with van der Waals surface area (Å²) in [6, 6.07) is 15.6. The summed E-state index contributed by atoms with van der Waals surface area (Å²) in [7, 11) is 0. The Kier molecular flexibility index (Phi) is 6.67. The highest BCUT2D eigenvalue weighted by atomic mass is 32.1. The van der Waals surface area contributed by atoms with Gasteiger partial charge in [0.15, 0.2) is 16.6 Å². The number of fused-ring (bicyclic) bond motifs is 1. The number of thiazole rings is 1. The molecule has 0 aliphatic heterocycles. The molecule has 0 unspecified atom stereocenters. The Hall–Kier alpha value is -3.03. The van der Waals surface area contributed by atoms with E-state index in [4.69, 9.17) is 9.51 Å². The Morgan fingerprint density at radius 2 is 1.78 bits per heavy atom. The second-order valence-corrected chi connectivity index (χ2v) is 8.79. The second-order valence-electron chi connectivity index (χ2n) is 7.78. The molecule has 0 atom stereocenters. The molecule has 166 valence electrons. The lowest BCUT2D eigenvalue weighted by atomic mass is 10.1. The minimum atomic E-state index is -0.198. The zero-order chi connectivity index (χ0) is 22.7. The first-order valence-corrected chi connectivity index (χ1v) is 11.8. The monoisotopic (exact) mass is 448 g/mol. The fourth-order valence-corrected chi connectivity index (χ4v) is 4.70. The van der Waals surface area contributed by atoms with E-state index in [-0.39, 0.29) is 11.6 Å². The van der Waals surface area contributed by atoms with Crippen molar-refractivity contribution in [1.82, 2.24) is 15.0 Å². The van der Waals surface area contributed by atoms with Crippen LogP contribution >= 0.6 is 11.3 Å². The van der Waals surface area contributed by atoms with Gasteiger partial charge in [-0.3, -0.25) is 9.69 Å². The van der Waals surface area contributed by atoms with Crippen molar-refractivity contribution < 1.29 is 9.32 Å². The van der Waals surface area contributed by atoms with Crippen LogP contribution in [0.5, 0.6) is 0 Å². The number of aryl methyl sites for hydroxylation is 2. The summed E-state index contributed by atoms with van der Waals surface area (Å²) < 4.78 is 6.57. The highest BCUT2D eigenvalue weighted by Gasteiger charge is 2.25. The van der Waals surface area contributed by atoms with Gasteiger partial charge in [0.2, 0.25) is 0 Å². The number of anilines is 1. The molecule has 0 N–H and O–H groups in total. The number of amides is 1. The summed E-state index contributed by atoms with van der Waals surface area (Å²) in [5.74, 6) is 0.380. The van der Waals surface area contributed by atoms with Gasteiger partial charge in [0.1, 0.15) is 0 Å². The van der Waals surface area contributed by atoms with Crippen molar-refractivity contribution >= 4 is 32.6 Å². The molecule has 0 spiro atoms. The third-order valence-corrected chi connectivity index (χ3v) is 6.91. The van der Waals surface area contributed by atoms with Gasteiger partial charge in [-0.1, -0.05) is 66.7 Å². The van der Waals surface area contributed by atoms with Crippen LogP contribution in [0, 0.1) is 13.8 Å². The third kappa shape index (κ3) is 4.45. The molecular weight excluding hydrogens is 420 g/mol. The zero-order valence-electron chi connectivity index (χ0n) is 19.0. The highest BCUT2D eigenvalue weighted by molar-refractivity contribution is 7.22. The van der Waals surface area contributed by atoms with Crippen molar-refractivity contribution in [2.75, 3.05) is 31.1 Å². The number of hydrogen-bond donors (Lipinski definition) is 0. The minimum absolute atomic E-state index is 0.198. The molecular formula is C25H28N4O2S. The molecule has 0 saturated heterocycles. The first-order chi connectivity index (χ1) is 15.5. The Morgan fingerprint density at radius 3 is 2.50 bits per heavy atom.